The minimum absolute atomic E-state index is 0. The maximum absolute atomic E-state index is 8.52. The summed E-state index contributed by atoms with van der Waals surface area (Å²) in [6.07, 6.45) is 0. The maximum atomic E-state index is 8.52. The summed E-state index contributed by atoms with van der Waals surface area (Å²) in [5, 5.41) is 0. The summed E-state index contributed by atoms with van der Waals surface area (Å²) >= 11 is 0. The van der Waals surface area contributed by atoms with Crippen molar-refractivity contribution >= 4 is 10.4 Å². The molecule has 0 aromatic rings. The predicted molar refractivity (Wildman–Crippen MR) is 11.6 cm³/mol. The topological polar surface area (TPSA) is 80.3 Å². The van der Waals surface area contributed by atoms with Gasteiger partial charge in [0.2, 0.25) is 0 Å². The second-order valence-corrected chi connectivity index (χ2v) is 1.22. The number of hydrogen-bond acceptors (Lipinski definition) is 4. The molecule has 0 aliphatic carbocycles. The molecule has 0 heterocycles. The van der Waals surface area contributed by atoms with E-state index in [0.29, 0.717) is 0 Å². The molecule has 0 N–H and O–H groups in total. The molecule has 38 valence electrons. The van der Waals surface area contributed by atoms with Gasteiger partial charge in [-0.3, -0.25) is 8.42 Å². The molecule has 0 radical (unpaired) electrons. The molecule has 0 rings (SSSR count). The van der Waals surface area contributed by atoms with Gasteiger partial charge in [0, 0.05) is 10.4 Å². The van der Waals surface area contributed by atoms with E-state index in [1.807, 2.05) is 0 Å². The van der Waals surface area contributed by atoms with E-state index in [2.05, 4.69) is 0 Å². The molecule has 0 aromatic carbocycles. The van der Waals surface area contributed by atoms with Crippen molar-refractivity contribution in [1.29, 1.82) is 0 Å². The molecule has 0 saturated carbocycles. The molecular weight excluding hydrogens is 152 g/mol. The number of rotatable bonds is 0. The first-order valence-corrected chi connectivity index (χ1v) is 2.00. The second-order valence-electron chi connectivity index (χ2n) is 0.408. The second kappa shape index (κ2) is 2.54. The van der Waals surface area contributed by atoms with Crippen molar-refractivity contribution in [3.8, 4) is 0 Å². The Labute approximate surface area is 47.1 Å². The average Bonchev–Trinajstić information content (AvgIpc) is 0.722. The Morgan fingerprint density at radius 3 is 1.33 bits per heavy atom. The molecule has 4 nitrogen and oxygen atoms in total. The third kappa shape index (κ3) is 332. The van der Waals surface area contributed by atoms with E-state index in [1.54, 1.807) is 0 Å². The van der Waals surface area contributed by atoms with Crippen LogP contribution in [0.15, 0.2) is 0 Å². The van der Waals surface area contributed by atoms with Crippen LogP contribution in [0.25, 0.3) is 0 Å². The molecular formula is HFeO4S+. The zero-order valence-electron chi connectivity index (χ0n) is 3.39. The predicted octanol–water partition coefficient (Wildman–Crippen LogP) is -1.23. The molecule has 0 fully saturated rings. The van der Waals surface area contributed by atoms with Gasteiger partial charge in [0.25, 0.3) is 0 Å². The molecule has 6 heteroatoms. The Balaban J connectivity index is -0.0000000800. The largest absolute Gasteiger partial charge is 2.00 e. The van der Waals surface area contributed by atoms with Crippen LogP contribution in [0.3, 0.4) is 0 Å². The van der Waals surface area contributed by atoms with Crippen molar-refractivity contribution in [2.24, 2.45) is 0 Å². The van der Waals surface area contributed by atoms with E-state index in [4.69, 9.17) is 17.5 Å². The zero-order chi connectivity index (χ0) is 4.50. The van der Waals surface area contributed by atoms with Gasteiger partial charge in [-0.2, -0.15) is 0 Å². The van der Waals surface area contributed by atoms with Crippen LogP contribution in [0.1, 0.15) is 1.43 Å². The van der Waals surface area contributed by atoms with Crippen LogP contribution < -0.4 is 0 Å². The molecule has 0 aliphatic heterocycles. The Morgan fingerprint density at radius 1 is 1.33 bits per heavy atom. The zero-order valence-corrected chi connectivity index (χ0v) is 4.32. The van der Waals surface area contributed by atoms with Gasteiger partial charge in [0.05, 0.1) is 0 Å². The average molecular weight is 153 g/mol. The van der Waals surface area contributed by atoms with Gasteiger partial charge in [-0.1, -0.05) is 0 Å². The van der Waals surface area contributed by atoms with Crippen molar-refractivity contribution in [2.45, 2.75) is 0 Å². The first-order valence-electron chi connectivity index (χ1n) is 0.667. The van der Waals surface area contributed by atoms with Crippen LogP contribution in [-0.4, -0.2) is 17.5 Å². The standard InChI is InChI=1S/Fe.H2O4S/c;1-5(2,3)4/h;(H2,1,2,3,4)/q+2;/p-1. The Hall–Kier alpha value is 0.389. The fourth-order valence-corrected chi connectivity index (χ4v) is 0. The maximum Gasteiger partial charge on any atom is 2.00 e. The minimum Gasteiger partial charge on any atom is -0.759 e. The summed E-state index contributed by atoms with van der Waals surface area (Å²) in [7, 11) is -5.17. The molecule has 0 unspecified atom stereocenters. The van der Waals surface area contributed by atoms with Crippen LogP contribution in [0, 0.1) is 0 Å². The van der Waals surface area contributed by atoms with Crippen LogP contribution >= 0.6 is 0 Å². The van der Waals surface area contributed by atoms with E-state index < -0.39 is 10.4 Å². The van der Waals surface area contributed by atoms with Crippen molar-refractivity contribution < 1.29 is 36.0 Å². The molecule has 0 saturated heterocycles. The minimum atomic E-state index is -5.17. The van der Waals surface area contributed by atoms with Crippen LogP contribution in [-0.2, 0) is 27.5 Å². The Kier molecular flexibility index (Phi) is 4.08. The van der Waals surface area contributed by atoms with Crippen molar-refractivity contribution in [3.63, 3.8) is 0 Å². The normalized spacial score (nSPS) is 9.67. The van der Waals surface area contributed by atoms with E-state index in [-0.39, 0.29) is 18.5 Å². The molecule has 0 aliphatic rings. The van der Waals surface area contributed by atoms with Gasteiger partial charge in [0.1, 0.15) is 0 Å². The number of hydrogen-bond donors (Lipinski definition) is 0. The summed E-state index contributed by atoms with van der Waals surface area (Å²) in [6, 6.07) is 0. The van der Waals surface area contributed by atoms with E-state index in [9.17, 15) is 0 Å². The third-order valence-corrected chi connectivity index (χ3v) is 0. The van der Waals surface area contributed by atoms with Crippen molar-refractivity contribution in [2.75, 3.05) is 0 Å². The van der Waals surface area contributed by atoms with E-state index >= 15 is 0 Å². The molecule has 0 spiro atoms. The quantitative estimate of drug-likeness (QED) is 0.248. The van der Waals surface area contributed by atoms with Gasteiger partial charge in [-0.25, -0.2) is 0 Å². The summed E-state index contributed by atoms with van der Waals surface area (Å²) in [5.41, 5.74) is 0. The van der Waals surface area contributed by atoms with Crippen LogP contribution in [0.5, 0.6) is 0 Å². The summed E-state index contributed by atoms with van der Waals surface area (Å²) in [5.74, 6) is 0. The van der Waals surface area contributed by atoms with Crippen LogP contribution in [0.2, 0.25) is 0 Å². The van der Waals surface area contributed by atoms with E-state index in [1.165, 1.54) is 0 Å². The molecule has 0 bridgehead atoms. The monoisotopic (exact) mass is 153 g/mol. The summed E-state index contributed by atoms with van der Waals surface area (Å²) in [6.45, 7) is 0. The van der Waals surface area contributed by atoms with Crippen LogP contribution in [0.4, 0.5) is 0 Å². The Bertz CT molecular complexity index is 94.9. The smallest absolute Gasteiger partial charge is 0.759 e. The third-order valence-electron chi connectivity index (χ3n) is 0. The van der Waals surface area contributed by atoms with Gasteiger partial charge in [-0.15, -0.1) is 0 Å². The molecule has 0 atom stereocenters. The fraction of sp³-hybridized carbons (Fsp3) is 0. The van der Waals surface area contributed by atoms with Gasteiger partial charge in [-0.05, 0) is 0 Å². The van der Waals surface area contributed by atoms with Gasteiger partial charge >= 0.3 is 18.5 Å². The summed E-state index contributed by atoms with van der Waals surface area (Å²) in [4.78, 5) is 0. The van der Waals surface area contributed by atoms with Gasteiger partial charge < -0.3 is 9.11 Å². The van der Waals surface area contributed by atoms with Crippen molar-refractivity contribution in [1.82, 2.24) is 0 Å². The summed E-state index contributed by atoms with van der Waals surface area (Å²) < 4.78 is 34.1. The SMILES string of the molecule is O=S(=O)([O-])[O-].[Fe+2].[H+]. The Morgan fingerprint density at radius 2 is 1.33 bits per heavy atom. The fourth-order valence-electron chi connectivity index (χ4n) is 0. The van der Waals surface area contributed by atoms with E-state index in [0.717, 1.165) is 0 Å². The molecule has 0 amide bonds. The van der Waals surface area contributed by atoms with Crippen molar-refractivity contribution in [3.05, 3.63) is 0 Å². The molecule has 6 heavy (non-hydrogen) atoms. The first-order chi connectivity index (χ1) is 2.00. The van der Waals surface area contributed by atoms with Gasteiger partial charge in [0.15, 0.2) is 0 Å². The first kappa shape index (κ1) is 9.63. The molecule has 0 aromatic heterocycles.